The van der Waals surface area contributed by atoms with E-state index < -0.39 is 0 Å². The van der Waals surface area contributed by atoms with Crippen molar-refractivity contribution < 1.29 is 4.74 Å². The fraction of sp³-hybridized carbons (Fsp3) is 0.625. The number of likely N-dealkylation sites (N-methyl/N-ethyl adjacent to an activating group) is 1. The first-order valence-electron chi connectivity index (χ1n) is 7.15. The number of hydrogen-bond donors (Lipinski definition) is 1. The van der Waals surface area contributed by atoms with E-state index in [1.54, 1.807) is 0 Å². The van der Waals surface area contributed by atoms with E-state index >= 15 is 0 Å². The van der Waals surface area contributed by atoms with Crippen LogP contribution in [0.1, 0.15) is 56.2 Å². The van der Waals surface area contributed by atoms with Crippen molar-refractivity contribution in [1.82, 2.24) is 5.32 Å². The summed E-state index contributed by atoms with van der Waals surface area (Å²) >= 11 is 0. The lowest BCUT2D eigenvalue weighted by molar-refractivity contribution is 0.0493. The quantitative estimate of drug-likeness (QED) is 0.828. The molecule has 2 heteroatoms. The third-order valence-electron chi connectivity index (χ3n) is 4.08. The maximum Gasteiger partial charge on any atom is 0.0741 e. The molecular formula is C16H25NO. The van der Waals surface area contributed by atoms with Gasteiger partial charge in [0.1, 0.15) is 0 Å². The van der Waals surface area contributed by atoms with Crippen molar-refractivity contribution in [2.45, 2.75) is 51.2 Å². The number of ether oxygens (including phenoxy) is 1. The predicted molar refractivity (Wildman–Crippen MR) is 75.9 cm³/mol. The van der Waals surface area contributed by atoms with Gasteiger partial charge in [0.05, 0.1) is 12.1 Å². The zero-order valence-electron chi connectivity index (χ0n) is 11.8. The zero-order chi connectivity index (χ0) is 13.0. The molecule has 1 aromatic rings. The molecule has 2 unspecified atom stereocenters. The SMILES string of the molecule is CCOC(C)C(NC)c1ccc(C2CCC2)cc1. The third kappa shape index (κ3) is 2.93. The Balaban J connectivity index is 2.06. The van der Waals surface area contributed by atoms with Gasteiger partial charge in [0.2, 0.25) is 0 Å². The molecule has 1 fully saturated rings. The van der Waals surface area contributed by atoms with Crippen LogP contribution in [0.2, 0.25) is 0 Å². The molecule has 100 valence electrons. The Labute approximate surface area is 111 Å². The van der Waals surface area contributed by atoms with Crippen LogP contribution in [-0.4, -0.2) is 19.8 Å². The average Bonchev–Trinajstić information content (AvgIpc) is 2.30. The van der Waals surface area contributed by atoms with Crippen LogP contribution >= 0.6 is 0 Å². The molecule has 1 aliphatic carbocycles. The Hall–Kier alpha value is -0.860. The molecule has 0 spiro atoms. The first-order chi connectivity index (χ1) is 8.76. The number of rotatable bonds is 6. The summed E-state index contributed by atoms with van der Waals surface area (Å²) in [6.07, 6.45) is 4.33. The van der Waals surface area contributed by atoms with Crippen LogP contribution in [0, 0.1) is 0 Å². The molecule has 0 aromatic heterocycles. The highest BCUT2D eigenvalue weighted by Crippen LogP contribution is 2.36. The first kappa shape index (κ1) is 13.6. The van der Waals surface area contributed by atoms with E-state index in [-0.39, 0.29) is 12.1 Å². The second-order valence-electron chi connectivity index (χ2n) is 5.22. The molecule has 2 rings (SSSR count). The van der Waals surface area contributed by atoms with Crippen molar-refractivity contribution in [3.8, 4) is 0 Å². The van der Waals surface area contributed by atoms with E-state index in [2.05, 4.69) is 36.5 Å². The van der Waals surface area contributed by atoms with Gasteiger partial charge in [-0.05, 0) is 50.8 Å². The lowest BCUT2D eigenvalue weighted by atomic mass is 9.80. The van der Waals surface area contributed by atoms with Crippen molar-refractivity contribution in [1.29, 1.82) is 0 Å². The van der Waals surface area contributed by atoms with E-state index in [1.807, 2.05) is 14.0 Å². The highest BCUT2D eigenvalue weighted by Gasteiger charge is 2.21. The molecule has 1 aromatic carbocycles. The highest BCUT2D eigenvalue weighted by atomic mass is 16.5. The van der Waals surface area contributed by atoms with Crippen molar-refractivity contribution in [2.24, 2.45) is 0 Å². The molecule has 1 aliphatic rings. The van der Waals surface area contributed by atoms with Gasteiger partial charge in [-0.3, -0.25) is 0 Å². The van der Waals surface area contributed by atoms with Crippen LogP contribution in [0.15, 0.2) is 24.3 Å². The maximum atomic E-state index is 5.70. The Morgan fingerprint density at radius 3 is 2.39 bits per heavy atom. The minimum Gasteiger partial charge on any atom is -0.377 e. The number of hydrogen-bond acceptors (Lipinski definition) is 2. The van der Waals surface area contributed by atoms with Gasteiger partial charge < -0.3 is 10.1 Å². The molecule has 0 heterocycles. The molecule has 0 bridgehead atoms. The molecule has 0 radical (unpaired) electrons. The molecule has 0 saturated heterocycles. The van der Waals surface area contributed by atoms with Gasteiger partial charge in [0.25, 0.3) is 0 Å². The molecular weight excluding hydrogens is 222 g/mol. The van der Waals surface area contributed by atoms with Crippen molar-refractivity contribution >= 4 is 0 Å². The van der Waals surface area contributed by atoms with Crippen LogP contribution in [0.25, 0.3) is 0 Å². The largest absolute Gasteiger partial charge is 0.377 e. The Morgan fingerprint density at radius 2 is 1.94 bits per heavy atom. The first-order valence-corrected chi connectivity index (χ1v) is 7.15. The van der Waals surface area contributed by atoms with Gasteiger partial charge in [0, 0.05) is 6.61 Å². The minimum atomic E-state index is 0.203. The monoisotopic (exact) mass is 247 g/mol. The van der Waals surface area contributed by atoms with Gasteiger partial charge in [-0.15, -0.1) is 0 Å². The maximum absolute atomic E-state index is 5.70. The summed E-state index contributed by atoms with van der Waals surface area (Å²) in [5.41, 5.74) is 2.82. The molecule has 18 heavy (non-hydrogen) atoms. The van der Waals surface area contributed by atoms with E-state index in [1.165, 1.54) is 30.4 Å². The van der Waals surface area contributed by atoms with Crippen LogP contribution < -0.4 is 5.32 Å². The van der Waals surface area contributed by atoms with Gasteiger partial charge in [0.15, 0.2) is 0 Å². The minimum absolute atomic E-state index is 0.203. The zero-order valence-corrected chi connectivity index (χ0v) is 11.8. The smallest absolute Gasteiger partial charge is 0.0741 e. The van der Waals surface area contributed by atoms with Gasteiger partial charge in [-0.2, -0.15) is 0 Å². The highest BCUT2D eigenvalue weighted by molar-refractivity contribution is 5.29. The van der Waals surface area contributed by atoms with Crippen molar-refractivity contribution in [3.05, 3.63) is 35.4 Å². The third-order valence-corrected chi connectivity index (χ3v) is 4.08. The standard InChI is InChI=1S/C16H25NO/c1-4-18-12(2)16(17-3)15-10-8-14(9-11-15)13-6-5-7-13/h8-13,16-17H,4-7H2,1-3H3. The molecule has 1 saturated carbocycles. The number of benzene rings is 1. The second kappa shape index (κ2) is 6.35. The summed E-state index contributed by atoms with van der Waals surface area (Å²) < 4.78 is 5.70. The summed E-state index contributed by atoms with van der Waals surface area (Å²) in [6.45, 7) is 4.94. The van der Waals surface area contributed by atoms with E-state index in [0.29, 0.717) is 0 Å². The summed E-state index contributed by atoms with van der Waals surface area (Å²) in [4.78, 5) is 0. The topological polar surface area (TPSA) is 21.3 Å². The Kier molecular flexibility index (Phi) is 4.79. The average molecular weight is 247 g/mol. The summed E-state index contributed by atoms with van der Waals surface area (Å²) in [6, 6.07) is 9.37. The van der Waals surface area contributed by atoms with Crippen LogP contribution in [0.3, 0.4) is 0 Å². The molecule has 2 atom stereocenters. The normalized spacial score (nSPS) is 19.3. The Morgan fingerprint density at radius 1 is 1.28 bits per heavy atom. The van der Waals surface area contributed by atoms with Gasteiger partial charge in [-0.1, -0.05) is 30.7 Å². The summed E-state index contributed by atoms with van der Waals surface area (Å²) in [5.74, 6) is 0.816. The fourth-order valence-corrected chi connectivity index (χ4v) is 2.75. The van der Waals surface area contributed by atoms with Gasteiger partial charge >= 0.3 is 0 Å². The van der Waals surface area contributed by atoms with Crippen molar-refractivity contribution in [3.63, 3.8) is 0 Å². The van der Waals surface area contributed by atoms with E-state index in [9.17, 15) is 0 Å². The van der Waals surface area contributed by atoms with Crippen LogP contribution in [-0.2, 0) is 4.74 Å². The summed E-state index contributed by atoms with van der Waals surface area (Å²) in [5, 5.41) is 3.35. The van der Waals surface area contributed by atoms with Crippen LogP contribution in [0.4, 0.5) is 0 Å². The molecule has 1 N–H and O–H groups in total. The fourth-order valence-electron chi connectivity index (χ4n) is 2.75. The lowest BCUT2D eigenvalue weighted by Crippen LogP contribution is -2.29. The lowest BCUT2D eigenvalue weighted by Gasteiger charge is -2.27. The molecule has 0 amide bonds. The Bertz CT molecular complexity index is 356. The van der Waals surface area contributed by atoms with E-state index in [0.717, 1.165) is 12.5 Å². The van der Waals surface area contributed by atoms with Crippen molar-refractivity contribution in [2.75, 3.05) is 13.7 Å². The second-order valence-corrected chi connectivity index (χ2v) is 5.22. The molecule has 0 aliphatic heterocycles. The van der Waals surface area contributed by atoms with E-state index in [4.69, 9.17) is 4.74 Å². The van der Waals surface area contributed by atoms with Crippen LogP contribution in [0.5, 0.6) is 0 Å². The molecule has 2 nitrogen and oxygen atoms in total. The number of nitrogens with one attached hydrogen (secondary N) is 1. The predicted octanol–water partition coefficient (Wildman–Crippen LogP) is 3.64. The van der Waals surface area contributed by atoms with Gasteiger partial charge in [-0.25, -0.2) is 0 Å². The summed E-state index contributed by atoms with van der Waals surface area (Å²) in [7, 11) is 2.00.